The smallest absolute Gasteiger partial charge is 0.0328 e. The highest BCUT2D eigenvalue weighted by atomic mass is 14.1. The lowest BCUT2D eigenvalue weighted by atomic mass is 9.94. The van der Waals surface area contributed by atoms with Gasteiger partial charge in [-0.15, -0.1) is 0 Å². The average molecular weight is 84.2 g/mol. The van der Waals surface area contributed by atoms with Crippen molar-refractivity contribution in [1.82, 2.24) is 0 Å². The van der Waals surface area contributed by atoms with Gasteiger partial charge in [0.05, 0.1) is 0 Å². The van der Waals surface area contributed by atoms with E-state index in [0.29, 0.717) is 0 Å². The summed E-state index contributed by atoms with van der Waals surface area (Å²) >= 11 is 0. The van der Waals surface area contributed by atoms with Crippen molar-refractivity contribution in [3.8, 4) is 0 Å². The van der Waals surface area contributed by atoms with Crippen LogP contribution in [0.25, 0.3) is 0 Å². The Morgan fingerprint density at radius 1 is 1.50 bits per heavy atom. The van der Waals surface area contributed by atoms with Crippen LogP contribution in [-0.2, 0) is 0 Å². The summed E-state index contributed by atoms with van der Waals surface area (Å²) in [4.78, 5) is 0. The van der Waals surface area contributed by atoms with E-state index in [1.165, 1.54) is 0 Å². The second-order valence-corrected chi connectivity index (χ2v) is 2.16. The molecule has 0 atom stereocenters. The zero-order chi connectivity index (χ0) is 5.21. The first-order valence-electron chi connectivity index (χ1n) is 2.27. The normalized spacial score (nSPS) is 12.0. The van der Waals surface area contributed by atoms with Crippen molar-refractivity contribution in [2.75, 3.05) is 0 Å². The van der Waals surface area contributed by atoms with E-state index in [1.54, 1.807) is 0 Å². The molecule has 0 unspecified atom stereocenters. The molecule has 0 bridgehead atoms. The van der Waals surface area contributed by atoms with Crippen LogP contribution in [0, 0.1) is 19.3 Å². The predicted molar refractivity (Wildman–Crippen MR) is 29.1 cm³/mol. The summed E-state index contributed by atoms with van der Waals surface area (Å²) in [5, 5.41) is 0. The molecule has 0 spiro atoms. The van der Waals surface area contributed by atoms with Gasteiger partial charge in [0.2, 0.25) is 0 Å². The Morgan fingerprint density at radius 3 is 1.67 bits per heavy atom. The lowest BCUT2D eigenvalue weighted by Gasteiger charge is -2.12. The zero-order valence-corrected chi connectivity index (χ0v) is 4.62. The summed E-state index contributed by atoms with van der Waals surface area (Å²) < 4.78 is 0. The SMILES string of the molecule is [CH2]C([CH2])(C)CC. The largest absolute Gasteiger partial charge is 0.0649 e. The van der Waals surface area contributed by atoms with Gasteiger partial charge in [0, 0.05) is 0 Å². The maximum Gasteiger partial charge on any atom is -0.0328 e. The second kappa shape index (κ2) is 1.63. The van der Waals surface area contributed by atoms with Gasteiger partial charge in [0.25, 0.3) is 0 Å². The molecule has 6 heavy (non-hydrogen) atoms. The van der Waals surface area contributed by atoms with E-state index in [2.05, 4.69) is 20.8 Å². The minimum atomic E-state index is 0.0417. The summed E-state index contributed by atoms with van der Waals surface area (Å²) in [5.74, 6) is 0. The maximum atomic E-state index is 3.78. The first-order valence-corrected chi connectivity index (χ1v) is 2.27. The first kappa shape index (κ1) is 6.00. The van der Waals surface area contributed by atoms with E-state index >= 15 is 0 Å². The molecular weight excluding hydrogens is 72.1 g/mol. The van der Waals surface area contributed by atoms with Gasteiger partial charge in [-0.2, -0.15) is 0 Å². The van der Waals surface area contributed by atoms with Gasteiger partial charge in [-0.1, -0.05) is 20.3 Å². The minimum Gasteiger partial charge on any atom is -0.0649 e. The quantitative estimate of drug-likeness (QED) is 0.456. The van der Waals surface area contributed by atoms with Crippen LogP contribution in [-0.4, -0.2) is 0 Å². The van der Waals surface area contributed by atoms with Crippen LogP contribution in [0.15, 0.2) is 0 Å². The third-order valence-electron chi connectivity index (χ3n) is 0.854. The molecule has 0 aromatic heterocycles. The number of rotatable bonds is 1. The van der Waals surface area contributed by atoms with Gasteiger partial charge < -0.3 is 0 Å². The van der Waals surface area contributed by atoms with Gasteiger partial charge in [-0.25, -0.2) is 0 Å². The molecule has 0 aromatic rings. The van der Waals surface area contributed by atoms with Crippen molar-refractivity contribution < 1.29 is 0 Å². The Balaban J connectivity index is 3.17. The molecule has 0 nitrogen and oxygen atoms in total. The first-order chi connectivity index (χ1) is 2.56. The summed E-state index contributed by atoms with van der Waals surface area (Å²) in [7, 11) is 0. The Kier molecular flexibility index (Phi) is 1.63. The van der Waals surface area contributed by atoms with E-state index in [4.69, 9.17) is 0 Å². The van der Waals surface area contributed by atoms with Crippen LogP contribution in [0.4, 0.5) is 0 Å². The van der Waals surface area contributed by atoms with Crippen LogP contribution in [0.5, 0.6) is 0 Å². The molecule has 0 heteroatoms. The topological polar surface area (TPSA) is 0 Å². The van der Waals surface area contributed by atoms with Gasteiger partial charge in [-0.3, -0.25) is 0 Å². The molecule has 0 heterocycles. The van der Waals surface area contributed by atoms with Crippen molar-refractivity contribution in [3.05, 3.63) is 13.8 Å². The van der Waals surface area contributed by atoms with Gasteiger partial charge in [0.1, 0.15) is 0 Å². The van der Waals surface area contributed by atoms with Crippen LogP contribution in [0.3, 0.4) is 0 Å². The van der Waals surface area contributed by atoms with Gasteiger partial charge >= 0.3 is 0 Å². The van der Waals surface area contributed by atoms with Crippen molar-refractivity contribution in [2.24, 2.45) is 5.41 Å². The van der Waals surface area contributed by atoms with Crippen molar-refractivity contribution in [3.63, 3.8) is 0 Å². The average Bonchev–Trinajstić information content (AvgIpc) is 1.35. The van der Waals surface area contributed by atoms with Gasteiger partial charge in [0.15, 0.2) is 0 Å². The van der Waals surface area contributed by atoms with Crippen molar-refractivity contribution in [2.45, 2.75) is 20.3 Å². The van der Waals surface area contributed by atoms with E-state index in [-0.39, 0.29) is 5.41 Å². The highest BCUT2D eigenvalue weighted by Crippen LogP contribution is 2.14. The molecule has 0 amide bonds. The third-order valence-corrected chi connectivity index (χ3v) is 0.854. The monoisotopic (exact) mass is 84.1 g/mol. The van der Waals surface area contributed by atoms with Crippen LogP contribution < -0.4 is 0 Å². The number of hydrogen-bond acceptors (Lipinski definition) is 0. The van der Waals surface area contributed by atoms with E-state index in [9.17, 15) is 0 Å². The molecule has 2 radical (unpaired) electrons. The highest BCUT2D eigenvalue weighted by Gasteiger charge is 2.03. The molecule has 0 saturated carbocycles. The lowest BCUT2D eigenvalue weighted by molar-refractivity contribution is 0.520. The fourth-order valence-electron chi connectivity index (χ4n) is 0. The molecule has 0 saturated heterocycles. The van der Waals surface area contributed by atoms with Crippen molar-refractivity contribution in [1.29, 1.82) is 0 Å². The van der Waals surface area contributed by atoms with E-state index in [1.807, 2.05) is 6.92 Å². The number of hydrogen-bond donors (Lipinski definition) is 0. The maximum absolute atomic E-state index is 3.78. The van der Waals surface area contributed by atoms with Gasteiger partial charge in [-0.05, 0) is 19.3 Å². The molecule has 0 aliphatic heterocycles. The molecule has 0 fully saturated rings. The third kappa shape index (κ3) is 4.00. The Morgan fingerprint density at radius 2 is 1.67 bits per heavy atom. The molecule has 0 N–H and O–H groups in total. The standard InChI is InChI=1S/C6H12/c1-5-6(2,3)4/h2-3,5H2,1,4H3. The molecule has 0 aliphatic rings. The minimum absolute atomic E-state index is 0.0417. The lowest BCUT2D eigenvalue weighted by Crippen LogP contribution is -2.01. The zero-order valence-electron chi connectivity index (χ0n) is 4.62. The summed E-state index contributed by atoms with van der Waals surface area (Å²) in [6.07, 6.45) is 1.05. The van der Waals surface area contributed by atoms with Crippen LogP contribution in [0.1, 0.15) is 20.3 Å². The van der Waals surface area contributed by atoms with E-state index in [0.717, 1.165) is 6.42 Å². The molecular formula is C6H12. The van der Waals surface area contributed by atoms with Crippen molar-refractivity contribution >= 4 is 0 Å². The van der Waals surface area contributed by atoms with Crippen LogP contribution in [0.2, 0.25) is 0 Å². The molecule has 0 rings (SSSR count). The Labute approximate surface area is 40.6 Å². The summed E-state index contributed by atoms with van der Waals surface area (Å²) in [6.45, 7) is 11.7. The fraction of sp³-hybridized carbons (Fsp3) is 0.667. The fourth-order valence-corrected chi connectivity index (χ4v) is 0. The summed E-state index contributed by atoms with van der Waals surface area (Å²) in [6, 6.07) is 0. The molecule has 0 aromatic carbocycles. The predicted octanol–water partition coefficient (Wildman–Crippen LogP) is 2.07. The molecule has 0 aliphatic carbocycles. The molecule has 36 valence electrons. The Bertz CT molecular complexity index is 29.8. The Hall–Kier alpha value is 0. The summed E-state index contributed by atoms with van der Waals surface area (Å²) in [5.41, 5.74) is 0.0417. The second-order valence-electron chi connectivity index (χ2n) is 2.16. The van der Waals surface area contributed by atoms with Crippen LogP contribution >= 0.6 is 0 Å². The highest BCUT2D eigenvalue weighted by molar-refractivity contribution is 4.76. The van der Waals surface area contributed by atoms with E-state index < -0.39 is 0 Å².